The molecule has 1 unspecified atom stereocenters. The van der Waals surface area contributed by atoms with Gasteiger partial charge in [-0.25, -0.2) is 0 Å². The molecule has 4 rings (SSSR count). The Hall–Kier alpha value is -1.88. The lowest BCUT2D eigenvalue weighted by Crippen LogP contribution is -2.45. The summed E-state index contributed by atoms with van der Waals surface area (Å²) >= 11 is 6.47. The number of amides is 1. The molecule has 2 saturated heterocycles. The Morgan fingerprint density at radius 1 is 1.04 bits per heavy atom. The Morgan fingerprint density at radius 3 is 2.68 bits per heavy atom. The van der Waals surface area contributed by atoms with E-state index in [9.17, 15) is 4.79 Å². The molecule has 2 heterocycles. The number of halogens is 1. The van der Waals surface area contributed by atoms with Crippen LogP contribution in [0.4, 0.5) is 0 Å². The van der Waals surface area contributed by atoms with Crippen molar-refractivity contribution in [3.8, 4) is 0 Å². The first-order chi connectivity index (χ1) is 13.7. The minimum Gasteiger partial charge on any atom is -0.339 e. The highest BCUT2D eigenvalue weighted by atomic mass is 35.5. The van der Waals surface area contributed by atoms with Crippen LogP contribution in [0.1, 0.15) is 46.8 Å². The highest BCUT2D eigenvalue weighted by Gasteiger charge is 2.26. The van der Waals surface area contributed by atoms with Gasteiger partial charge in [-0.2, -0.15) is 0 Å². The van der Waals surface area contributed by atoms with Crippen molar-refractivity contribution in [1.29, 1.82) is 0 Å². The highest BCUT2D eigenvalue weighted by Crippen LogP contribution is 2.29. The van der Waals surface area contributed by atoms with Gasteiger partial charge >= 0.3 is 0 Å². The number of carbonyl (C=O) groups is 1. The molecule has 2 aromatic rings. The van der Waals surface area contributed by atoms with Gasteiger partial charge in [-0.05, 0) is 48.6 Å². The first kappa shape index (κ1) is 19.4. The van der Waals surface area contributed by atoms with Gasteiger partial charge in [-0.15, -0.1) is 0 Å². The second kappa shape index (κ2) is 9.08. The summed E-state index contributed by atoms with van der Waals surface area (Å²) in [7, 11) is 0. The van der Waals surface area contributed by atoms with E-state index in [4.69, 9.17) is 11.6 Å². The Bertz CT molecular complexity index is 819. The van der Waals surface area contributed by atoms with Crippen LogP contribution in [0.25, 0.3) is 0 Å². The van der Waals surface area contributed by atoms with Gasteiger partial charge < -0.3 is 10.2 Å². The van der Waals surface area contributed by atoms with Gasteiger partial charge in [0.15, 0.2) is 0 Å². The highest BCUT2D eigenvalue weighted by molar-refractivity contribution is 6.31. The second-order valence-electron chi connectivity index (χ2n) is 7.77. The summed E-state index contributed by atoms with van der Waals surface area (Å²) in [5.41, 5.74) is 3.16. The number of piperidine rings is 1. The quantitative estimate of drug-likeness (QED) is 0.843. The normalized spacial score (nSPS) is 20.9. The number of carbonyl (C=O) groups excluding carboxylic acids is 1. The molecule has 1 atom stereocenters. The molecule has 0 spiro atoms. The smallest absolute Gasteiger partial charge is 0.253 e. The minimum absolute atomic E-state index is 0.171. The van der Waals surface area contributed by atoms with Crippen molar-refractivity contribution in [2.24, 2.45) is 0 Å². The van der Waals surface area contributed by atoms with E-state index < -0.39 is 0 Å². The van der Waals surface area contributed by atoms with Crippen LogP contribution in [0.15, 0.2) is 48.5 Å². The van der Waals surface area contributed by atoms with Crippen LogP contribution in [0.5, 0.6) is 0 Å². The number of piperazine rings is 1. The van der Waals surface area contributed by atoms with E-state index in [0.717, 1.165) is 68.3 Å². The fraction of sp³-hybridized carbons (Fsp3) is 0.435. The summed E-state index contributed by atoms with van der Waals surface area (Å²) in [6.07, 6.45) is 3.47. The van der Waals surface area contributed by atoms with Gasteiger partial charge in [0, 0.05) is 55.9 Å². The summed E-state index contributed by atoms with van der Waals surface area (Å²) in [5, 5.41) is 4.30. The molecule has 2 aliphatic heterocycles. The van der Waals surface area contributed by atoms with E-state index in [1.807, 2.05) is 35.2 Å². The van der Waals surface area contributed by atoms with Crippen LogP contribution < -0.4 is 5.32 Å². The van der Waals surface area contributed by atoms with Crippen LogP contribution in [0, 0.1) is 0 Å². The molecule has 0 radical (unpaired) electrons. The zero-order chi connectivity index (χ0) is 19.3. The molecule has 1 N–H and O–H groups in total. The number of nitrogens with one attached hydrogen (secondary N) is 1. The van der Waals surface area contributed by atoms with Crippen LogP contribution in [-0.2, 0) is 6.54 Å². The number of hydrogen-bond acceptors (Lipinski definition) is 3. The molecular weight excluding hydrogens is 370 g/mol. The third-order valence-corrected chi connectivity index (χ3v) is 6.17. The maximum Gasteiger partial charge on any atom is 0.253 e. The van der Waals surface area contributed by atoms with Gasteiger partial charge in [-0.3, -0.25) is 9.69 Å². The van der Waals surface area contributed by atoms with Crippen LogP contribution in [0.2, 0.25) is 5.02 Å². The van der Waals surface area contributed by atoms with Gasteiger partial charge in [0.2, 0.25) is 0 Å². The standard InChI is InChI=1S/C23H28ClN3O/c24-21-10-3-2-9-20(21)22-16-25-11-14-27(22)17-18-7-6-8-19(15-18)23(28)26-12-4-1-5-13-26/h2-3,6-10,15,22,25H,1,4-5,11-14,16-17H2. The lowest BCUT2D eigenvalue weighted by Gasteiger charge is -2.37. The van der Waals surface area contributed by atoms with E-state index in [1.165, 1.54) is 12.0 Å². The van der Waals surface area contributed by atoms with Crippen LogP contribution in [-0.4, -0.2) is 48.4 Å². The van der Waals surface area contributed by atoms with E-state index in [0.29, 0.717) is 0 Å². The maximum absolute atomic E-state index is 12.9. The Kier molecular flexibility index (Phi) is 6.30. The Morgan fingerprint density at radius 2 is 1.86 bits per heavy atom. The number of nitrogens with zero attached hydrogens (tertiary/aromatic N) is 2. The van der Waals surface area contributed by atoms with Crippen molar-refractivity contribution in [3.63, 3.8) is 0 Å². The average molecular weight is 398 g/mol. The largest absolute Gasteiger partial charge is 0.339 e. The molecule has 0 saturated carbocycles. The topological polar surface area (TPSA) is 35.6 Å². The van der Waals surface area contributed by atoms with Crippen LogP contribution in [0.3, 0.4) is 0 Å². The number of hydrogen-bond donors (Lipinski definition) is 1. The first-order valence-electron chi connectivity index (χ1n) is 10.3. The third-order valence-electron chi connectivity index (χ3n) is 5.82. The number of rotatable bonds is 4. The van der Waals surface area contributed by atoms with Crippen molar-refractivity contribution in [2.45, 2.75) is 31.8 Å². The van der Waals surface area contributed by atoms with Gasteiger partial charge in [0.05, 0.1) is 0 Å². The monoisotopic (exact) mass is 397 g/mol. The van der Waals surface area contributed by atoms with Crippen molar-refractivity contribution in [1.82, 2.24) is 15.1 Å². The molecule has 0 bridgehead atoms. The minimum atomic E-state index is 0.171. The SMILES string of the molecule is O=C(c1cccc(CN2CCNCC2c2ccccc2Cl)c1)N1CCCCC1. The summed E-state index contributed by atoms with van der Waals surface area (Å²) in [6, 6.07) is 16.5. The van der Waals surface area contributed by atoms with Crippen molar-refractivity contribution < 1.29 is 4.79 Å². The van der Waals surface area contributed by atoms with E-state index in [-0.39, 0.29) is 11.9 Å². The summed E-state index contributed by atoms with van der Waals surface area (Å²) in [4.78, 5) is 17.3. The zero-order valence-corrected chi connectivity index (χ0v) is 17.0. The number of likely N-dealkylation sites (tertiary alicyclic amines) is 1. The molecule has 1 amide bonds. The lowest BCUT2D eigenvalue weighted by molar-refractivity contribution is 0.0724. The first-order valence-corrected chi connectivity index (χ1v) is 10.7. The Labute approximate surface area is 172 Å². The van der Waals surface area contributed by atoms with E-state index in [1.54, 1.807) is 0 Å². The Balaban J connectivity index is 1.51. The molecule has 28 heavy (non-hydrogen) atoms. The summed E-state index contributed by atoms with van der Waals surface area (Å²) in [5.74, 6) is 0.171. The molecular formula is C23H28ClN3O. The molecule has 2 aromatic carbocycles. The number of benzene rings is 2. The van der Waals surface area contributed by atoms with Gasteiger partial charge in [0.1, 0.15) is 0 Å². The maximum atomic E-state index is 12.9. The molecule has 0 aliphatic carbocycles. The van der Waals surface area contributed by atoms with Gasteiger partial charge in [0.25, 0.3) is 5.91 Å². The van der Waals surface area contributed by atoms with E-state index >= 15 is 0 Å². The third kappa shape index (κ3) is 4.40. The molecule has 4 nitrogen and oxygen atoms in total. The molecule has 2 aliphatic rings. The van der Waals surface area contributed by atoms with Crippen LogP contribution >= 0.6 is 11.6 Å². The van der Waals surface area contributed by atoms with Crippen molar-refractivity contribution in [2.75, 3.05) is 32.7 Å². The average Bonchev–Trinajstić information content (AvgIpc) is 2.75. The fourth-order valence-electron chi connectivity index (χ4n) is 4.30. The molecule has 148 valence electrons. The van der Waals surface area contributed by atoms with Crippen molar-refractivity contribution >= 4 is 17.5 Å². The fourth-order valence-corrected chi connectivity index (χ4v) is 4.57. The van der Waals surface area contributed by atoms with Gasteiger partial charge in [-0.1, -0.05) is 41.9 Å². The lowest BCUT2D eigenvalue weighted by atomic mass is 10.0. The summed E-state index contributed by atoms with van der Waals surface area (Å²) < 4.78 is 0. The molecule has 0 aromatic heterocycles. The predicted octanol–water partition coefficient (Wildman–Crippen LogP) is 4.11. The van der Waals surface area contributed by atoms with E-state index in [2.05, 4.69) is 28.4 Å². The second-order valence-corrected chi connectivity index (χ2v) is 8.17. The van der Waals surface area contributed by atoms with Crippen molar-refractivity contribution in [3.05, 3.63) is 70.2 Å². The summed E-state index contributed by atoms with van der Waals surface area (Å²) in [6.45, 7) is 5.40. The zero-order valence-electron chi connectivity index (χ0n) is 16.2. The molecule has 2 fully saturated rings. The molecule has 5 heteroatoms. The predicted molar refractivity (Wildman–Crippen MR) is 114 cm³/mol.